The van der Waals surface area contributed by atoms with E-state index in [2.05, 4.69) is 17.2 Å². The molecule has 1 N–H and O–H groups in total. The van der Waals surface area contributed by atoms with Crippen LogP contribution < -0.4 is 5.32 Å². The Kier molecular flexibility index (Phi) is 5.98. The molecule has 0 unspecified atom stereocenters. The Balaban J connectivity index is 1.49. The lowest BCUT2D eigenvalue weighted by Crippen LogP contribution is -2.13. The van der Waals surface area contributed by atoms with Crippen LogP contribution in [0.5, 0.6) is 0 Å². The molecule has 6 aromatic rings. The quantitative estimate of drug-likeness (QED) is 0.241. The van der Waals surface area contributed by atoms with Gasteiger partial charge in [-0.25, -0.2) is 14.6 Å². The number of carbonyl (C=O) groups is 1. The summed E-state index contributed by atoms with van der Waals surface area (Å²) >= 11 is 3.24. The third-order valence-corrected chi connectivity index (χ3v) is 8.21. The summed E-state index contributed by atoms with van der Waals surface area (Å²) in [5, 5.41) is 8.63. The number of aromatic nitrogens is 4. The van der Waals surface area contributed by atoms with Crippen molar-refractivity contribution in [3.05, 3.63) is 95.7 Å². The average Bonchev–Trinajstić information content (AvgIpc) is 3.49. The molecule has 37 heavy (non-hydrogen) atoms. The monoisotopic (exact) mass is 521 g/mol. The highest BCUT2D eigenvalue weighted by Crippen LogP contribution is 2.32. The van der Waals surface area contributed by atoms with E-state index in [4.69, 9.17) is 10.1 Å². The van der Waals surface area contributed by atoms with E-state index in [0.717, 1.165) is 48.1 Å². The lowest BCUT2D eigenvalue weighted by molar-refractivity contribution is 0.102. The van der Waals surface area contributed by atoms with Gasteiger partial charge in [-0.05, 0) is 56.5 Å². The summed E-state index contributed by atoms with van der Waals surface area (Å²) in [6.07, 6.45) is 2.01. The Morgan fingerprint density at radius 1 is 0.946 bits per heavy atom. The SMILES string of the molecule is CSc1nc2ccc(NC(=O)c3cc(-c4ccccc4)nc4c3c(C)nn4-c3ccc(C)cc3)cc2s1. The third-order valence-electron chi connectivity index (χ3n) is 6.21. The van der Waals surface area contributed by atoms with Crippen LogP contribution in [0.2, 0.25) is 0 Å². The van der Waals surface area contributed by atoms with Crippen molar-refractivity contribution in [1.82, 2.24) is 19.7 Å². The lowest BCUT2D eigenvalue weighted by atomic mass is 10.0. The van der Waals surface area contributed by atoms with Crippen LogP contribution in [0, 0.1) is 13.8 Å². The van der Waals surface area contributed by atoms with Crippen LogP contribution in [0.25, 0.3) is 38.2 Å². The van der Waals surface area contributed by atoms with Crippen molar-refractivity contribution in [3.63, 3.8) is 0 Å². The number of pyridine rings is 1. The average molecular weight is 522 g/mol. The summed E-state index contributed by atoms with van der Waals surface area (Å²) in [5.41, 5.74) is 7.30. The van der Waals surface area contributed by atoms with E-state index >= 15 is 0 Å². The number of thioether (sulfide) groups is 1. The van der Waals surface area contributed by atoms with Crippen molar-refractivity contribution < 1.29 is 4.79 Å². The van der Waals surface area contributed by atoms with E-state index in [0.29, 0.717) is 16.9 Å². The summed E-state index contributed by atoms with van der Waals surface area (Å²) in [6, 6.07) is 25.7. The van der Waals surface area contributed by atoms with Gasteiger partial charge in [-0.1, -0.05) is 59.8 Å². The molecule has 1 amide bonds. The summed E-state index contributed by atoms with van der Waals surface area (Å²) in [6.45, 7) is 3.97. The van der Waals surface area contributed by atoms with Gasteiger partial charge < -0.3 is 5.32 Å². The fourth-order valence-corrected chi connectivity index (χ4v) is 5.89. The number of amides is 1. The highest BCUT2D eigenvalue weighted by Gasteiger charge is 2.21. The molecule has 3 heterocycles. The van der Waals surface area contributed by atoms with E-state index in [1.807, 2.05) is 96.7 Å². The predicted octanol–water partition coefficient (Wildman–Crippen LogP) is 7.29. The summed E-state index contributed by atoms with van der Waals surface area (Å²) in [4.78, 5) is 23.3. The number of rotatable bonds is 5. The number of aryl methyl sites for hydroxylation is 2. The number of hydrogen-bond acceptors (Lipinski definition) is 6. The molecule has 0 spiro atoms. The number of fused-ring (bicyclic) bond motifs is 2. The standard InChI is InChI=1S/C29H23N5OS2/c1-17-9-12-21(13-10-17)34-27-26(18(2)33-34)22(16-24(31-27)19-7-5-4-6-8-19)28(35)30-20-11-14-23-25(15-20)37-29(32-23)36-3/h4-16H,1-3H3,(H,30,35). The summed E-state index contributed by atoms with van der Waals surface area (Å²) < 4.78 is 3.86. The van der Waals surface area contributed by atoms with E-state index in [9.17, 15) is 4.79 Å². The number of thiazole rings is 1. The fourth-order valence-electron chi connectivity index (χ4n) is 4.36. The van der Waals surface area contributed by atoms with Crippen LogP contribution in [0.3, 0.4) is 0 Å². The largest absolute Gasteiger partial charge is 0.322 e. The van der Waals surface area contributed by atoms with Gasteiger partial charge in [0.1, 0.15) is 0 Å². The number of anilines is 1. The Bertz CT molecular complexity index is 1770. The van der Waals surface area contributed by atoms with E-state index in [1.54, 1.807) is 23.1 Å². The second-order valence-electron chi connectivity index (χ2n) is 8.77. The van der Waals surface area contributed by atoms with E-state index in [-0.39, 0.29) is 5.91 Å². The molecular formula is C29H23N5OS2. The van der Waals surface area contributed by atoms with Crippen LogP contribution in [0.15, 0.2) is 83.2 Å². The number of carbonyl (C=O) groups excluding carboxylic acids is 1. The Labute approximate surface area is 222 Å². The predicted molar refractivity (Wildman–Crippen MR) is 153 cm³/mol. The molecule has 0 fully saturated rings. The molecule has 0 radical (unpaired) electrons. The molecule has 0 atom stereocenters. The number of benzene rings is 3. The van der Waals surface area contributed by atoms with Gasteiger partial charge >= 0.3 is 0 Å². The Morgan fingerprint density at radius 2 is 1.73 bits per heavy atom. The van der Waals surface area contributed by atoms with Gasteiger partial charge in [-0.15, -0.1) is 11.3 Å². The molecule has 0 saturated heterocycles. The molecule has 0 aliphatic heterocycles. The van der Waals surface area contributed by atoms with Gasteiger partial charge in [0.05, 0.1) is 38.2 Å². The van der Waals surface area contributed by atoms with Crippen LogP contribution in [-0.2, 0) is 0 Å². The number of nitrogens with zero attached hydrogens (tertiary/aromatic N) is 4. The molecule has 0 saturated carbocycles. The maximum absolute atomic E-state index is 13.8. The molecule has 182 valence electrons. The minimum absolute atomic E-state index is 0.204. The second-order valence-corrected chi connectivity index (χ2v) is 10.9. The number of nitrogens with one attached hydrogen (secondary N) is 1. The zero-order valence-corrected chi connectivity index (χ0v) is 22.2. The van der Waals surface area contributed by atoms with Crippen molar-refractivity contribution in [1.29, 1.82) is 0 Å². The van der Waals surface area contributed by atoms with Crippen molar-refractivity contribution in [3.8, 4) is 16.9 Å². The Morgan fingerprint density at radius 3 is 2.49 bits per heavy atom. The van der Waals surface area contributed by atoms with Crippen molar-refractivity contribution in [2.24, 2.45) is 0 Å². The van der Waals surface area contributed by atoms with Crippen molar-refractivity contribution in [2.75, 3.05) is 11.6 Å². The first kappa shape index (κ1) is 23.4. The van der Waals surface area contributed by atoms with Crippen molar-refractivity contribution in [2.45, 2.75) is 18.2 Å². The van der Waals surface area contributed by atoms with E-state index in [1.165, 1.54) is 0 Å². The van der Waals surface area contributed by atoms with Gasteiger partial charge in [-0.3, -0.25) is 4.79 Å². The molecule has 6 rings (SSSR count). The molecule has 8 heteroatoms. The van der Waals surface area contributed by atoms with Gasteiger partial charge in [0.2, 0.25) is 0 Å². The first-order valence-electron chi connectivity index (χ1n) is 11.8. The first-order valence-corrected chi connectivity index (χ1v) is 13.8. The highest BCUT2D eigenvalue weighted by atomic mass is 32.2. The summed E-state index contributed by atoms with van der Waals surface area (Å²) in [5.74, 6) is -0.204. The van der Waals surface area contributed by atoms with Gasteiger partial charge in [0.25, 0.3) is 5.91 Å². The molecular weight excluding hydrogens is 498 g/mol. The van der Waals surface area contributed by atoms with Gasteiger partial charge in [0, 0.05) is 11.3 Å². The minimum Gasteiger partial charge on any atom is -0.322 e. The zero-order valence-electron chi connectivity index (χ0n) is 20.5. The zero-order chi connectivity index (χ0) is 25.5. The molecule has 0 aliphatic rings. The lowest BCUT2D eigenvalue weighted by Gasteiger charge is -2.10. The van der Waals surface area contributed by atoms with Crippen LogP contribution in [0.4, 0.5) is 5.69 Å². The van der Waals surface area contributed by atoms with Crippen LogP contribution >= 0.6 is 23.1 Å². The molecule has 0 bridgehead atoms. The molecule has 3 aromatic carbocycles. The Hall–Kier alpha value is -4.01. The third kappa shape index (κ3) is 4.39. The van der Waals surface area contributed by atoms with Crippen LogP contribution in [-0.4, -0.2) is 31.9 Å². The highest BCUT2D eigenvalue weighted by molar-refractivity contribution is 8.00. The minimum atomic E-state index is -0.204. The van der Waals surface area contributed by atoms with Gasteiger partial charge in [0.15, 0.2) is 9.99 Å². The molecule has 6 nitrogen and oxygen atoms in total. The number of hydrogen-bond donors (Lipinski definition) is 1. The van der Waals surface area contributed by atoms with Crippen LogP contribution in [0.1, 0.15) is 21.6 Å². The van der Waals surface area contributed by atoms with E-state index < -0.39 is 0 Å². The second kappa shape index (κ2) is 9.46. The smallest absolute Gasteiger partial charge is 0.256 e. The maximum atomic E-state index is 13.8. The fraction of sp³-hybridized carbons (Fsp3) is 0.103. The van der Waals surface area contributed by atoms with Gasteiger partial charge in [-0.2, -0.15) is 5.10 Å². The first-order chi connectivity index (χ1) is 18.0. The normalized spacial score (nSPS) is 11.3. The molecule has 0 aliphatic carbocycles. The topological polar surface area (TPSA) is 72.7 Å². The molecule has 3 aromatic heterocycles. The van der Waals surface area contributed by atoms with Crippen molar-refractivity contribution >= 4 is 55.9 Å². The summed E-state index contributed by atoms with van der Waals surface area (Å²) in [7, 11) is 0. The maximum Gasteiger partial charge on any atom is 0.256 e.